The maximum absolute atomic E-state index is 9.73. The molecule has 0 unspecified atom stereocenters. The molecule has 2 heteroatoms. The lowest BCUT2D eigenvalue weighted by Gasteiger charge is -2.01. The van der Waals surface area contributed by atoms with Gasteiger partial charge in [0, 0.05) is 17.6 Å². The third-order valence-electron chi connectivity index (χ3n) is 2.96. The van der Waals surface area contributed by atoms with Crippen molar-refractivity contribution in [2.45, 2.75) is 6.42 Å². The fraction of sp³-hybridized carbons (Fsp3) is 0.0667. The van der Waals surface area contributed by atoms with Crippen LogP contribution < -0.4 is 0 Å². The smallest absolute Gasteiger partial charge is 0.119 e. The summed E-state index contributed by atoms with van der Waals surface area (Å²) in [5, 5.41) is 10.9. The number of phenols is 1. The lowest BCUT2D eigenvalue weighted by molar-refractivity contribution is 0.469. The van der Waals surface area contributed by atoms with E-state index in [0.717, 1.165) is 23.2 Å². The van der Waals surface area contributed by atoms with Gasteiger partial charge in [-0.25, -0.2) is 0 Å². The summed E-state index contributed by atoms with van der Waals surface area (Å²) in [7, 11) is 0. The Hall–Kier alpha value is -2.22. The molecule has 3 rings (SSSR count). The summed E-state index contributed by atoms with van der Waals surface area (Å²) in [4.78, 5) is 3.36. The number of rotatable bonds is 2. The van der Waals surface area contributed by atoms with Crippen molar-refractivity contribution in [3.05, 3.63) is 65.9 Å². The first-order chi connectivity index (χ1) is 8.33. The highest BCUT2D eigenvalue weighted by atomic mass is 16.3. The molecular formula is C15H13NO. The van der Waals surface area contributed by atoms with Crippen LogP contribution in [0.2, 0.25) is 0 Å². The topological polar surface area (TPSA) is 36.0 Å². The number of aromatic hydroxyl groups is 1. The van der Waals surface area contributed by atoms with Crippen molar-refractivity contribution in [3.63, 3.8) is 0 Å². The third-order valence-corrected chi connectivity index (χ3v) is 2.96. The van der Waals surface area contributed by atoms with Gasteiger partial charge in [0.15, 0.2) is 0 Å². The van der Waals surface area contributed by atoms with E-state index in [0.29, 0.717) is 5.75 Å². The van der Waals surface area contributed by atoms with E-state index in [-0.39, 0.29) is 0 Å². The maximum Gasteiger partial charge on any atom is 0.119 e. The Morgan fingerprint density at radius 1 is 0.941 bits per heavy atom. The van der Waals surface area contributed by atoms with Crippen LogP contribution in [0.1, 0.15) is 11.3 Å². The molecule has 1 heterocycles. The van der Waals surface area contributed by atoms with Gasteiger partial charge in [-0.15, -0.1) is 0 Å². The fourth-order valence-corrected chi connectivity index (χ4v) is 2.09. The number of hydrogen-bond acceptors (Lipinski definition) is 1. The van der Waals surface area contributed by atoms with Crippen LogP contribution in [-0.4, -0.2) is 10.1 Å². The average Bonchev–Trinajstić information content (AvgIpc) is 2.74. The molecule has 17 heavy (non-hydrogen) atoms. The van der Waals surface area contributed by atoms with Crippen LogP contribution in [-0.2, 0) is 6.42 Å². The number of aromatic nitrogens is 1. The molecule has 2 aromatic carbocycles. The monoisotopic (exact) mass is 223 g/mol. The third kappa shape index (κ3) is 1.89. The zero-order valence-corrected chi connectivity index (χ0v) is 9.35. The summed E-state index contributed by atoms with van der Waals surface area (Å²) in [6.45, 7) is 0. The van der Waals surface area contributed by atoms with Gasteiger partial charge in [-0.2, -0.15) is 0 Å². The van der Waals surface area contributed by atoms with Crippen LogP contribution in [0.3, 0.4) is 0 Å². The van der Waals surface area contributed by atoms with Crippen molar-refractivity contribution in [3.8, 4) is 5.75 Å². The minimum atomic E-state index is 0.353. The van der Waals surface area contributed by atoms with Crippen molar-refractivity contribution in [2.24, 2.45) is 0 Å². The van der Waals surface area contributed by atoms with Crippen LogP contribution in [0, 0.1) is 0 Å². The van der Waals surface area contributed by atoms with E-state index >= 15 is 0 Å². The standard InChI is InChI=1S/C15H13NO/c17-15-8-4-2-6-12(15)10-13-9-11-5-1-3-7-14(11)16-13/h1-9,16-17H,10H2. The largest absolute Gasteiger partial charge is 0.508 e. The molecule has 0 aliphatic rings. The molecule has 0 aliphatic carbocycles. The van der Waals surface area contributed by atoms with Crippen LogP contribution >= 0.6 is 0 Å². The van der Waals surface area contributed by atoms with Gasteiger partial charge in [0.1, 0.15) is 5.75 Å². The Bertz CT molecular complexity index is 622. The van der Waals surface area contributed by atoms with Crippen molar-refractivity contribution >= 4 is 10.9 Å². The van der Waals surface area contributed by atoms with Crippen molar-refractivity contribution in [2.75, 3.05) is 0 Å². The van der Waals surface area contributed by atoms with Crippen LogP contribution in [0.4, 0.5) is 0 Å². The number of hydrogen-bond donors (Lipinski definition) is 2. The molecule has 0 atom stereocenters. The van der Waals surface area contributed by atoms with Gasteiger partial charge in [0.25, 0.3) is 0 Å². The highest BCUT2D eigenvalue weighted by Crippen LogP contribution is 2.22. The second-order valence-corrected chi connectivity index (χ2v) is 4.19. The number of H-pyrrole nitrogens is 1. The predicted molar refractivity (Wildman–Crippen MR) is 69.2 cm³/mol. The molecule has 0 aliphatic heterocycles. The second kappa shape index (κ2) is 3.98. The summed E-state index contributed by atoms with van der Waals surface area (Å²) in [5.41, 5.74) is 3.20. The number of benzene rings is 2. The van der Waals surface area contributed by atoms with Crippen molar-refractivity contribution in [1.29, 1.82) is 0 Å². The minimum Gasteiger partial charge on any atom is -0.508 e. The molecule has 2 nitrogen and oxygen atoms in total. The summed E-state index contributed by atoms with van der Waals surface area (Å²) in [6, 6.07) is 17.8. The Balaban J connectivity index is 1.98. The zero-order valence-electron chi connectivity index (χ0n) is 9.35. The van der Waals surface area contributed by atoms with E-state index in [1.165, 1.54) is 5.39 Å². The van der Waals surface area contributed by atoms with Gasteiger partial charge in [0.2, 0.25) is 0 Å². The average molecular weight is 223 g/mol. The van der Waals surface area contributed by atoms with E-state index in [2.05, 4.69) is 23.2 Å². The normalized spacial score (nSPS) is 10.8. The molecule has 0 fully saturated rings. The first-order valence-electron chi connectivity index (χ1n) is 5.66. The summed E-state index contributed by atoms with van der Waals surface area (Å²) < 4.78 is 0. The lowest BCUT2D eigenvalue weighted by Crippen LogP contribution is -1.88. The number of fused-ring (bicyclic) bond motifs is 1. The molecule has 0 bridgehead atoms. The van der Waals surface area contributed by atoms with E-state index in [4.69, 9.17) is 0 Å². The molecule has 0 spiro atoms. The van der Waals surface area contributed by atoms with E-state index < -0.39 is 0 Å². The Kier molecular flexibility index (Phi) is 2.33. The van der Waals surface area contributed by atoms with E-state index in [9.17, 15) is 5.11 Å². The Morgan fingerprint density at radius 3 is 2.53 bits per heavy atom. The molecule has 0 radical (unpaired) electrons. The Labute approximate surface area is 99.5 Å². The summed E-state index contributed by atoms with van der Waals surface area (Å²) in [6.07, 6.45) is 0.724. The van der Waals surface area contributed by atoms with Gasteiger partial charge in [-0.1, -0.05) is 36.4 Å². The fourth-order valence-electron chi connectivity index (χ4n) is 2.09. The second-order valence-electron chi connectivity index (χ2n) is 4.19. The molecule has 1 aromatic heterocycles. The Morgan fingerprint density at radius 2 is 1.71 bits per heavy atom. The van der Waals surface area contributed by atoms with Gasteiger partial charge in [0.05, 0.1) is 0 Å². The van der Waals surface area contributed by atoms with Gasteiger partial charge in [-0.05, 0) is 29.1 Å². The SMILES string of the molecule is Oc1ccccc1Cc1cc2ccccc2[nH]1. The molecule has 0 amide bonds. The van der Waals surface area contributed by atoms with Crippen LogP contribution in [0.25, 0.3) is 10.9 Å². The first kappa shape index (κ1) is 9.97. The minimum absolute atomic E-state index is 0.353. The lowest BCUT2D eigenvalue weighted by atomic mass is 10.1. The van der Waals surface area contributed by atoms with Gasteiger partial charge < -0.3 is 10.1 Å². The van der Waals surface area contributed by atoms with Gasteiger partial charge >= 0.3 is 0 Å². The molecule has 3 aromatic rings. The van der Waals surface area contributed by atoms with Crippen LogP contribution in [0.5, 0.6) is 5.75 Å². The number of para-hydroxylation sites is 2. The van der Waals surface area contributed by atoms with Crippen molar-refractivity contribution in [1.82, 2.24) is 4.98 Å². The molecule has 0 saturated carbocycles. The first-order valence-corrected chi connectivity index (χ1v) is 5.66. The summed E-state index contributed by atoms with van der Waals surface area (Å²) >= 11 is 0. The quantitative estimate of drug-likeness (QED) is 0.685. The number of phenolic OH excluding ortho intramolecular Hbond substituents is 1. The maximum atomic E-state index is 9.73. The number of nitrogens with one attached hydrogen (secondary N) is 1. The molecule has 84 valence electrons. The number of aromatic amines is 1. The molecule has 0 saturated heterocycles. The molecular weight excluding hydrogens is 210 g/mol. The van der Waals surface area contributed by atoms with E-state index in [1.54, 1.807) is 6.07 Å². The highest BCUT2D eigenvalue weighted by Gasteiger charge is 2.04. The van der Waals surface area contributed by atoms with E-state index in [1.807, 2.05) is 30.3 Å². The zero-order chi connectivity index (χ0) is 11.7. The molecule has 2 N–H and O–H groups in total. The highest BCUT2D eigenvalue weighted by molar-refractivity contribution is 5.80. The summed E-state index contributed by atoms with van der Waals surface area (Å²) in [5.74, 6) is 0.353. The predicted octanol–water partition coefficient (Wildman–Crippen LogP) is 3.46. The van der Waals surface area contributed by atoms with Crippen molar-refractivity contribution < 1.29 is 5.11 Å². The van der Waals surface area contributed by atoms with Gasteiger partial charge in [-0.3, -0.25) is 0 Å². The van der Waals surface area contributed by atoms with Crippen LogP contribution in [0.15, 0.2) is 54.6 Å².